The van der Waals surface area contributed by atoms with Gasteiger partial charge in [0.25, 0.3) is 0 Å². The Hall–Kier alpha value is -2.08. The molecule has 0 nitrogen and oxygen atoms in total. The summed E-state index contributed by atoms with van der Waals surface area (Å²) in [4.78, 5) is 0. The normalized spacial score (nSPS) is 20.2. The zero-order chi connectivity index (χ0) is 11.2. The van der Waals surface area contributed by atoms with Crippen molar-refractivity contribution in [1.29, 1.82) is 0 Å². The molecule has 0 radical (unpaired) electrons. The molecular weight excluding hydrogens is 204 g/mol. The molecule has 0 bridgehead atoms. The first-order valence-electron chi connectivity index (χ1n) is 6.01. The van der Waals surface area contributed by atoms with E-state index in [1.165, 1.54) is 27.5 Å². The Morgan fingerprint density at radius 3 is 2.59 bits per heavy atom. The molecule has 0 amide bonds. The molecule has 0 N–H and O–H groups in total. The number of hydrogen-bond acceptors (Lipinski definition) is 0. The minimum Gasteiger partial charge on any atom is -0.0726 e. The van der Waals surface area contributed by atoms with Crippen molar-refractivity contribution in [1.82, 2.24) is 0 Å². The van der Waals surface area contributed by atoms with Crippen LogP contribution in [-0.4, -0.2) is 0 Å². The van der Waals surface area contributed by atoms with Gasteiger partial charge in [-0.25, -0.2) is 0 Å². The van der Waals surface area contributed by atoms with Gasteiger partial charge in [0.15, 0.2) is 0 Å². The fraction of sp³-hybridized carbons (Fsp3) is 0.0588. The summed E-state index contributed by atoms with van der Waals surface area (Å²) in [5.41, 5.74) is 4.20. The highest BCUT2D eigenvalue weighted by molar-refractivity contribution is 5.87. The minimum atomic E-state index is 0.472. The molecule has 4 rings (SSSR count). The van der Waals surface area contributed by atoms with Crippen molar-refractivity contribution in [2.24, 2.45) is 0 Å². The highest BCUT2D eigenvalue weighted by atomic mass is 14.2. The minimum absolute atomic E-state index is 0.472. The van der Waals surface area contributed by atoms with Gasteiger partial charge in [0.2, 0.25) is 0 Å². The highest BCUT2D eigenvalue weighted by Crippen LogP contribution is 2.39. The smallest absolute Gasteiger partial charge is 0.0278 e. The van der Waals surface area contributed by atoms with Gasteiger partial charge in [-0.3, -0.25) is 0 Å². The van der Waals surface area contributed by atoms with E-state index in [0.717, 1.165) is 0 Å². The Kier molecular flexibility index (Phi) is 1.70. The van der Waals surface area contributed by atoms with Crippen molar-refractivity contribution < 1.29 is 0 Å². The molecule has 0 heteroatoms. The van der Waals surface area contributed by atoms with Crippen LogP contribution in [0.2, 0.25) is 0 Å². The van der Waals surface area contributed by atoms with Crippen LogP contribution >= 0.6 is 0 Å². The van der Waals surface area contributed by atoms with Gasteiger partial charge in [-0.1, -0.05) is 54.6 Å². The standard InChI is InChI=1S/C17H12/c1-2-5-14-11-17-15(10-13(14)4-1)9-8-12-6-3-7-16(12)17/h1-11,16H. The Labute approximate surface area is 101 Å². The molecule has 0 heterocycles. The van der Waals surface area contributed by atoms with Crippen molar-refractivity contribution in [3.63, 3.8) is 0 Å². The number of hydrogen-bond donors (Lipinski definition) is 0. The van der Waals surface area contributed by atoms with E-state index in [1.807, 2.05) is 0 Å². The second-order valence-corrected chi connectivity index (χ2v) is 4.69. The first-order valence-corrected chi connectivity index (χ1v) is 6.01. The van der Waals surface area contributed by atoms with Gasteiger partial charge in [0.05, 0.1) is 0 Å². The third kappa shape index (κ3) is 1.24. The lowest BCUT2D eigenvalue weighted by Gasteiger charge is -2.20. The Bertz CT molecular complexity index is 699. The van der Waals surface area contributed by atoms with E-state index in [-0.39, 0.29) is 0 Å². The van der Waals surface area contributed by atoms with E-state index < -0.39 is 0 Å². The highest BCUT2D eigenvalue weighted by Gasteiger charge is 2.21. The maximum Gasteiger partial charge on any atom is 0.0278 e. The summed E-state index contributed by atoms with van der Waals surface area (Å²) in [6.07, 6.45) is 11.1. The number of allylic oxidation sites excluding steroid dienone is 5. The third-order valence-electron chi connectivity index (χ3n) is 3.69. The monoisotopic (exact) mass is 216 g/mol. The summed E-state index contributed by atoms with van der Waals surface area (Å²) in [5, 5.41) is 2.66. The molecule has 0 saturated heterocycles. The maximum atomic E-state index is 2.34. The second-order valence-electron chi connectivity index (χ2n) is 4.69. The number of fused-ring (bicyclic) bond motifs is 4. The van der Waals surface area contributed by atoms with Crippen molar-refractivity contribution in [3.05, 3.63) is 77.4 Å². The SMILES string of the molecule is C1=CC2C(=C1)C=Cc1cc3ccccc3cc12. The van der Waals surface area contributed by atoms with Crippen molar-refractivity contribution in [2.75, 3.05) is 0 Å². The molecule has 17 heavy (non-hydrogen) atoms. The molecule has 2 aliphatic rings. The molecular formula is C17H12. The average Bonchev–Trinajstić information content (AvgIpc) is 2.85. The van der Waals surface area contributed by atoms with E-state index in [2.05, 4.69) is 66.8 Å². The lowest BCUT2D eigenvalue weighted by Crippen LogP contribution is -2.02. The van der Waals surface area contributed by atoms with Gasteiger partial charge >= 0.3 is 0 Å². The molecule has 0 saturated carbocycles. The molecule has 2 aromatic carbocycles. The van der Waals surface area contributed by atoms with E-state index in [9.17, 15) is 0 Å². The predicted molar refractivity (Wildman–Crippen MR) is 72.9 cm³/mol. The Balaban J connectivity index is 2.05. The summed E-state index contributed by atoms with van der Waals surface area (Å²) >= 11 is 0. The van der Waals surface area contributed by atoms with Crippen LogP contribution in [-0.2, 0) is 0 Å². The molecule has 2 aliphatic carbocycles. The molecule has 2 aromatic rings. The summed E-state index contributed by atoms with van der Waals surface area (Å²) in [6, 6.07) is 13.2. The average molecular weight is 216 g/mol. The zero-order valence-corrected chi connectivity index (χ0v) is 9.43. The zero-order valence-electron chi connectivity index (χ0n) is 9.43. The number of benzene rings is 2. The van der Waals surface area contributed by atoms with Crippen molar-refractivity contribution in [3.8, 4) is 0 Å². The van der Waals surface area contributed by atoms with Crippen LogP contribution in [0, 0.1) is 0 Å². The van der Waals surface area contributed by atoms with Gasteiger partial charge in [0.1, 0.15) is 0 Å². The fourth-order valence-corrected chi connectivity index (χ4v) is 2.81. The van der Waals surface area contributed by atoms with Gasteiger partial charge in [0, 0.05) is 5.92 Å². The van der Waals surface area contributed by atoms with E-state index in [0.29, 0.717) is 5.92 Å². The van der Waals surface area contributed by atoms with Crippen LogP contribution in [0.1, 0.15) is 17.0 Å². The first kappa shape index (κ1) is 9.00. The molecule has 0 fully saturated rings. The molecule has 0 aliphatic heterocycles. The topological polar surface area (TPSA) is 0 Å². The molecule has 1 atom stereocenters. The summed E-state index contributed by atoms with van der Waals surface area (Å²) < 4.78 is 0. The lowest BCUT2D eigenvalue weighted by atomic mass is 9.84. The lowest BCUT2D eigenvalue weighted by molar-refractivity contribution is 1.04. The van der Waals surface area contributed by atoms with Crippen LogP contribution in [0.3, 0.4) is 0 Å². The first-order chi connectivity index (χ1) is 8.42. The predicted octanol–water partition coefficient (Wildman–Crippen LogP) is 4.45. The Morgan fingerprint density at radius 2 is 1.71 bits per heavy atom. The largest absolute Gasteiger partial charge is 0.0726 e. The third-order valence-corrected chi connectivity index (χ3v) is 3.69. The van der Waals surface area contributed by atoms with Gasteiger partial charge in [-0.2, -0.15) is 0 Å². The van der Waals surface area contributed by atoms with E-state index in [1.54, 1.807) is 0 Å². The summed E-state index contributed by atoms with van der Waals surface area (Å²) in [5.74, 6) is 0.472. The van der Waals surface area contributed by atoms with Gasteiger partial charge in [-0.15, -0.1) is 0 Å². The molecule has 1 unspecified atom stereocenters. The van der Waals surface area contributed by atoms with Gasteiger partial charge < -0.3 is 0 Å². The molecule has 0 aromatic heterocycles. The van der Waals surface area contributed by atoms with Crippen LogP contribution < -0.4 is 0 Å². The van der Waals surface area contributed by atoms with E-state index >= 15 is 0 Å². The Morgan fingerprint density at radius 1 is 0.882 bits per heavy atom. The van der Waals surface area contributed by atoms with Crippen LogP contribution in [0.25, 0.3) is 16.8 Å². The molecule has 0 spiro atoms. The fourth-order valence-electron chi connectivity index (χ4n) is 2.81. The van der Waals surface area contributed by atoms with Crippen molar-refractivity contribution in [2.45, 2.75) is 5.92 Å². The van der Waals surface area contributed by atoms with Gasteiger partial charge in [-0.05, 0) is 39.6 Å². The summed E-state index contributed by atoms with van der Waals surface area (Å²) in [7, 11) is 0. The number of rotatable bonds is 0. The summed E-state index contributed by atoms with van der Waals surface area (Å²) in [6.45, 7) is 0. The molecule has 80 valence electrons. The maximum absolute atomic E-state index is 2.34. The van der Waals surface area contributed by atoms with Crippen LogP contribution in [0.5, 0.6) is 0 Å². The second kappa shape index (κ2) is 3.21. The van der Waals surface area contributed by atoms with Crippen LogP contribution in [0.4, 0.5) is 0 Å². The van der Waals surface area contributed by atoms with E-state index in [4.69, 9.17) is 0 Å². The van der Waals surface area contributed by atoms with Crippen LogP contribution in [0.15, 0.2) is 66.3 Å². The van der Waals surface area contributed by atoms with Crippen molar-refractivity contribution >= 4 is 16.8 Å². The quantitative estimate of drug-likeness (QED) is 0.610.